The number of anilines is 3. The molecule has 0 spiro atoms. The quantitative estimate of drug-likeness (QED) is 0.176. The van der Waals surface area contributed by atoms with Gasteiger partial charge in [-0.3, -0.25) is 0 Å². The second-order valence-electron chi connectivity index (χ2n) is 13.3. The first kappa shape index (κ1) is 27.7. The Kier molecular flexibility index (Phi) is 5.93. The van der Waals surface area contributed by atoms with E-state index in [1.165, 1.54) is 69.3 Å². The molecule has 0 N–H and O–H groups in total. The minimum atomic E-state index is -2.03. The van der Waals surface area contributed by atoms with E-state index in [0.717, 1.165) is 22.5 Å². The van der Waals surface area contributed by atoms with Gasteiger partial charge in [0, 0.05) is 53.6 Å². The molecule has 1 aliphatic rings. The summed E-state index contributed by atoms with van der Waals surface area (Å²) < 4.78 is 9.21. The van der Waals surface area contributed by atoms with Gasteiger partial charge in [-0.15, -0.1) is 11.3 Å². The summed E-state index contributed by atoms with van der Waals surface area (Å²) in [7, 11) is -2.03. The molecule has 0 atom stereocenters. The van der Waals surface area contributed by atoms with Crippen LogP contribution in [0.5, 0.6) is 0 Å². The minimum Gasteiger partial charge on any atom is -0.455 e. The summed E-state index contributed by atoms with van der Waals surface area (Å²) in [6, 6.07) is 55.5. The lowest BCUT2D eigenvalue weighted by Crippen LogP contribution is -2.49. The van der Waals surface area contributed by atoms with Crippen LogP contribution in [0.3, 0.4) is 0 Å². The fourth-order valence-corrected chi connectivity index (χ4v) is 12.1. The zero-order valence-electron chi connectivity index (χ0n) is 26.7. The maximum absolute atomic E-state index is 6.59. The average molecular weight is 650 g/mol. The van der Waals surface area contributed by atoms with Gasteiger partial charge in [-0.05, 0) is 75.6 Å². The second kappa shape index (κ2) is 10.3. The topological polar surface area (TPSA) is 16.4 Å². The Balaban J connectivity index is 1.16. The molecule has 2 nitrogen and oxygen atoms in total. The molecule has 0 saturated carbocycles. The molecular weight excluding hydrogens is 619 g/mol. The molecule has 10 rings (SSSR count). The van der Waals surface area contributed by atoms with Crippen molar-refractivity contribution in [2.45, 2.75) is 13.1 Å². The van der Waals surface area contributed by atoms with Crippen molar-refractivity contribution in [1.29, 1.82) is 0 Å². The van der Waals surface area contributed by atoms with Crippen molar-refractivity contribution in [3.05, 3.63) is 152 Å². The van der Waals surface area contributed by atoms with Crippen LogP contribution in [0.4, 0.5) is 17.1 Å². The maximum Gasteiger partial charge on any atom is 0.143 e. The van der Waals surface area contributed by atoms with Gasteiger partial charge in [0.15, 0.2) is 0 Å². The summed E-state index contributed by atoms with van der Waals surface area (Å²) in [5.74, 6) is 0. The van der Waals surface area contributed by atoms with E-state index >= 15 is 0 Å². The van der Waals surface area contributed by atoms with E-state index in [0.29, 0.717) is 0 Å². The second-order valence-corrected chi connectivity index (χ2v) is 18.8. The van der Waals surface area contributed by atoms with Crippen molar-refractivity contribution in [2.75, 3.05) is 4.90 Å². The third kappa shape index (κ3) is 4.03. The van der Waals surface area contributed by atoms with Gasteiger partial charge < -0.3 is 9.32 Å². The van der Waals surface area contributed by atoms with Crippen LogP contribution in [0.1, 0.15) is 0 Å². The Bertz CT molecular complexity index is 2700. The molecule has 0 saturated heterocycles. The van der Waals surface area contributed by atoms with Crippen molar-refractivity contribution < 1.29 is 4.42 Å². The molecule has 7 aromatic carbocycles. The first-order chi connectivity index (χ1) is 23.5. The van der Waals surface area contributed by atoms with Crippen LogP contribution in [0.25, 0.3) is 64.4 Å². The standard InChI is InChI=1S/C44H31NOSSi/c1-48(2)41-25-24-36-33-12-6-8-14-38(33)46-44(36)43(41)37-23-21-32(27-42(37)48)45(30-18-16-29(17-19-30)28-10-4-3-5-11-28)31-20-22-35-34-13-7-9-15-39(34)47-40(35)26-31/h3-27H,1-2H3. The lowest BCUT2D eigenvalue weighted by Gasteiger charge is -2.28. The molecule has 0 unspecified atom stereocenters. The van der Waals surface area contributed by atoms with Gasteiger partial charge in [0.05, 0.1) is 0 Å². The monoisotopic (exact) mass is 649 g/mol. The Labute approximate surface area is 284 Å². The maximum atomic E-state index is 6.59. The van der Waals surface area contributed by atoms with E-state index < -0.39 is 8.07 Å². The molecule has 0 aliphatic carbocycles. The van der Waals surface area contributed by atoms with Gasteiger partial charge in [-0.25, -0.2) is 0 Å². The van der Waals surface area contributed by atoms with Crippen LogP contribution in [0.2, 0.25) is 13.1 Å². The van der Waals surface area contributed by atoms with Crippen LogP contribution in [-0.2, 0) is 0 Å². The summed E-state index contributed by atoms with van der Waals surface area (Å²) in [4.78, 5) is 2.43. The molecule has 0 fully saturated rings. The normalized spacial score (nSPS) is 13.4. The molecule has 228 valence electrons. The number of hydrogen-bond acceptors (Lipinski definition) is 3. The lowest BCUT2D eigenvalue weighted by molar-refractivity contribution is 0.670. The first-order valence-corrected chi connectivity index (χ1v) is 20.3. The molecule has 9 aromatic rings. The first-order valence-electron chi connectivity index (χ1n) is 16.5. The molecule has 4 heteroatoms. The van der Waals surface area contributed by atoms with E-state index in [9.17, 15) is 0 Å². The number of para-hydroxylation sites is 1. The fourth-order valence-electron chi connectivity index (χ4n) is 7.86. The highest BCUT2D eigenvalue weighted by Gasteiger charge is 2.40. The highest BCUT2D eigenvalue weighted by molar-refractivity contribution is 7.25. The highest BCUT2D eigenvalue weighted by atomic mass is 32.1. The molecule has 48 heavy (non-hydrogen) atoms. The average Bonchev–Trinajstić information content (AvgIpc) is 3.76. The number of nitrogens with zero attached hydrogens (tertiary/aromatic N) is 1. The van der Waals surface area contributed by atoms with Crippen LogP contribution in [0.15, 0.2) is 156 Å². The van der Waals surface area contributed by atoms with Crippen LogP contribution in [0, 0.1) is 0 Å². The van der Waals surface area contributed by atoms with Crippen LogP contribution >= 0.6 is 11.3 Å². The Hall–Kier alpha value is -5.42. The van der Waals surface area contributed by atoms with Gasteiger partial charge >= 0.3 is 0 Å². The van der Waals surface area contributed by atoms with Gasteiger partial charge in [0.2, 0.25) is 0 Å². The summed E-state index contributed by atoms with van der Waals surface area (Å²) in [6.07, 6.45) is 0. The zero-order chi connectivity index (χ0) is 32.0. The number of furan rings is 1. The number of fused-ring (bicyclic) bond motifs is 10. The van der Waals surface area contributed by atoms with Crippen molar-refractivity contribution in [3.8, 4) is 22.3 Å². The molecule has 0 bridgehead atoms. The summed E-state index contributed by atoms with van der Waals surface area (Å²) in [5.41, 5.74) is 10.5. The van der Waals surface area contributed by atoms with E-state index in [1.807, 2.05) is 11.3 Å². The molecule has 3 heterocycles. The Morgan fingerprint density at radius 2 is 1.15 bits per heavy atom. The Morgan fingerprint density at radius 3 is 2.00 bits per heavy atom. The van der Waals surface area contributed by atoms with Crippen molar-refractivity contribution in [3.63, 3.8) is 0 Å². The third-order valence-electron chi connectivity index (χ3n) is 10.3. The minimum absolute atomic E-state index is 0.951. The molecular formula is C44H31NOSSi. The largest absolute Gasteiger partial charge is 0.455 e. The molecule has 1 aliphatic heterocycles. The van der Waals surface area contributed by atoms with Crippen molar-refractivity contribution in [2.24, 2.45) is 0 Å². The van der Waals surface area contributed by atoms with E-state index in [4.69, 9.17) is 4.42 Å². The third-order valence-corrected chi connectivity index (χ3v) is 14.9. The number of thiophene rings is 1. The molecule has 0 radical (unpaired) electrons. The smallest absolute Gasteiger partial charge is 0.143 e. The van der Waals surface area contributed by atoms with Crippen molar-refractivity contribution >= 4 is 89.0 Å². The lowest BCUT2D eigenvalue weighted by atomic mass is 10.0. The van der Waals surface area contributed by atoms with Crippen LogP contribution < -0.4 is 15.3 Å². The van der Waals surface area contributed by atoms with E-state index in [-0.39, 0.29) is 0 Å². The van der Waals surface area contributed by atoms with Gasteiger partial charge in [0.25, 0.3) is 0 Å². The summed E-state index contributed by atoms with van der Waals surface area (Å²) >= 11 is 1.87. The van der Waals surface area contributed by atoms with Crippen LogP contribution in [-0.4, -0.2) is 8.07 Å². The predicted molar refractivity (Wildman–Crippen MR) is 209 cm³/mol. The van der Waals surface area contributed by atoms with Crippen molar-refractivity contribution in [1.82, 2.24) is 0 Å². The summed E-state index contributed by atoms with van der Waals surface area (Å²) in [5, 5.41) is 7.92. The zero-order valence-corrected chi connectivity index (χ0v) is 28.5. The van der Waals surface area contributed by atoms with E-state index in [1.54, 1.807) is 0 Å². The molecule has 0 amide bonds. The highest BCUT2D eigenvalue weighted by Crippen LogP contribution is 2.43. The van der Waals surface area contributed by atoms with Gasteiger partial charge in [-0.2, -0.15) is 0 Å². The molecule has 2 aromatic heterocycles. The number of rotatable bonds is 4. The fraction of sp³-hybridized carbons (Fsp3) is 0.0455. The summed E-state index contributed by atoms with van der Waals surface area (Å²) in [6.45, 7) is 4.97. The Morgan fingerprint density at radius 1 is 0.500 bits per heavy atom. The van der Waals surface area contributed by atoms with Gasteiger partial charge in [0.1, 0.15) is 19.2 Å². The predicted octanol–water partition coefficient (Wildman–Crippen LogP) is 11.9. The SMILES string of the molecule is C[Si]1(C)c2cc(N(c3ccc(-c4ccccc4)cc3)c3ccc4c(c3)sc3ccccc34)ccc2-c2c1ccc1c2oc2ccccc21. The van der Waals surface area contributed by atoms with Gasteiger partial charge in [-0.1, -0.05) is 116 Å². The van der Waals surface area contributed by atoms with E-state index in [2.05, 4.69) is 170 Å². The number of hydrogen-bond donors (Lipinski definition) is 0. The number of benzene rings is 7.